The van der Waals surface area contributed by atoms with Crippen LogP contribution in [0.3, 0.4) is 0 Å². The van der Waals surface area contributed by atoms with Gasteiger partial charge in [0, 0.05) is 42.7 Å². The van der Waals surface area contributed by atoms with Crippen molar-refractivity contribution in [3.63, 3.8) is 0 Å². The Morgan fingerprint density at radius 1 is 0.895 bits per heavy atom. The van der Waals surface area contributed by atoms with Crippen LogP contribution in [0.1, 0.15) is 80.0 Å². The number of rotatable bonds is 15. The van der Waals surface area contributed by atoms with Gasteiger partial charge in [0.2, 0.25) is 11.8 Å². The second-order valence-corrected chi connectivity index (χ2v) is 13.6. The van der Waals surface area contributed by atoms with Gasteiger partial charge in [-0.05, 0) is 78.9 Å². The number of ether oxygens (including phenoxy) is 1. The molecule has 1 unspecified atom stereocenters. The quantitative estimate of drug-likeness (QED) is 0.0860. The number of pyridine rings is 2. The first kappa shape index (κ1) is 38.0. The predicted molar refractivity (Wildman–Crippen MR) is 208 cm³/mol. The number of hydrogen-bond donors (Lipinski definition) is 4. The van der Waals surface area contributed by atoms with E-state index in [1.54, 1.807) is 30.6 Å². The lowest BCUT2D eigenvalue weighted by Crippen LogP contribution is -2.54. The van der Waals surface area contributed by atoms with Crippen molar-refractivity contribution in [2.45, 2.75) is 44.6 Å². The van der Waals surface area contributed by atoms with Crippen LogP contribution in [0.5, 0.6) is 5.75 Å². The summed E-state index contributed by atoms with van der Waals surface area (Å²) in [5.41, 5.74) is 10.0. The number of nitrogens with two attached hydrogens (primary N) is 1. The maximum atomic E-state index is 13.2. The van der Waals surface area contributed by atoms with Gasteiger partial charge < -0.3 is 21.1 Å². The summed E-state index contributed by atoms with van der Waals surface area (Å²) in [5.74, 6) is -3.52. The Kier molecular flexibility index (Phi) is 11.1. The van der Waals surface area contributed by atoms with Crippen molar-refractivity contribution in [2.75, 3.05) is 18.5 Å². The normalized spacial score (nSPS) is 14.9. The lowest BCUT2D eigenvalue weighted by atomic mass is 10.00. The van der Waals surface area contributed by atoms with E-state index in [1.807, 2.05) is 36.4 Å². The smallest absolute Gasteiger partial charge is 0.266 e. The van der Waals surface area contributed by atoms with Crippen LogP contribution in [-0.4, -0.2) is 75.3 Å². The third kappa shape index (κ3) is 8.22. The van der Waals surface area contributed by atoms with E-state index in [2.05, 4.69) is 25.9 Å². The predicted octanol–water partition coefficient (Wildman–Crippen LogP) is 4.48. The number of nitrogens with zero attached hydrogens (tertiary/aromatic N) is 3. The molecule has 0 aliphatic carbocycles. The molecule has 15 heteroatoms. The average Bonchev–Trinajstić information content (AvgIpc) is 3.47. The number of nitrogens with one attached hydrogen (secondary N) is 3. The van der Waals surface area contributed by atoms with E-state index in [0.29, 0.717) is 53.6 Å². The van der Waals surface area contributed by atoms with Crippen LogP contribution in [0.2, 0.25) is 0 Å². The number of fused-ring (bicyclic) bond motifs is 2. The maximum absolute atomic E-state index is 13.2. The molecular formula is C42H37N7O8. The highest BCUT2D eigenvalue weighted by Crippen LogP contribution is 2.35. The van der Waals surface area contributed by atoms with Crippen LogP contribution in [0.4, 0.5) is 11.4 Å². The van der Waals surface area contributed by atoms with Crippen molar-refractivity contribution in [1.29, 1.82) is 0 Å². The number of carbonyl (C=O) groups is 7. The van der Waals surface area contributed by atoms with Crippen molar-refractivity contribution >= 4 is 63.5 Å². The van der Waals surface area contributed by atoms with Gasteiger partial charge in [-0.3, -0.25) is 53.7 Å². The number of primary amides is 1. The van der Waals surface area contributed by atoms with Gasteiger partial charge in [0.1, 0.15) is 18.4 Å². The molecule has 5 aromatic rings. The zero-order chi connectivity index (χ0) is 40.1. The number of piperidine rings is 1. The fraction of sp³-hybridized carbons (Fsp3) is 0.214. The molecule has 3 aromatic carbocycles. The van der Waals surface area contributed by atoms with Crippen LogP contribution in [0.25, 0.3) is 22.0 Å². The molecule has 6 amide bonds. The molecule has 1 fully saturated rings. The average molecular weight is 768 g/mol. The first-order valence-electron chi connectivity index (χ1n) is 18.4. The van der Waals surface area contributed by atoms with E-state index in [9.17, 15) is 33.6 Å². The summed E-state index contributed by atoms with van der Waals surface area (Å²) in [7, 11) is 0. The fourth-order valence-corrected chi connectivity index (χ4v) is 6.85. The van der Waals surface area contributed by atoms with Crippen LogP contribution in [0, 0.1) is 0 Å². The number of ketones is 1. The Bertz CT molecular complexity index is 2440. The Morgan fingerprint density at radius 2 is 1.70 bits per heavy atom. The molecule has 57 heavy (non-hydrogen) atoms. The largest absolute Gasteiger partial charge is 0.485 e. The number of Topliss-reactive ketones (excluding diaryl/α,β-unsaturated/α-hetero) is 1. The van der Waals surface area contributed by atoms with Crippen molar-refractivity contribution in [2.24, 2.45) is 5.73 Å². The second-order valence-electron chi connectivity index (χ2n) is 13.6. The number of amides is 6. The highest BCUT2D eigenvalue weighted by Gasteiger charge is 2.46. The zero-order valence-electron chi connectivity index (χ0n) is 30.6. The third-order valence-electron chi connectivity index (χ3n) is 9.78. The summed E-state index contributed by atoms with van der Waals surface area (Å²) in [6.07, 6.45) is 6.86. The van der Waals surface area contributed by atoms with Gasteiger partial charge in [0.15, 0.2) is 5.78 Å². The molecule has 2 aliphatic rings. The number of hydrogen-bond acceptors (Lipinski definition) is 11. The highest BCUT2D eigenvalue weighted by molar-refractivity contribution is 6.24. The lowest BCUT2D eigenvalue weighted by molar-refractivity contribution is -0.136. The molecule has 15 nitrogen and oxygen atoms in total. The van der Waals surface area contributed by atoms with Crippen LogP contribution >= 0.6 is 0 Å². The summed E-state index contributed by atoms with van der Waals surface area (Å²) in [6, 6.07) is 19.8. The van der Waals surface area contributed by atoms with Crippen molar-refractivity contribution in [1.82, 2.24) is 25.5 Å². The van der Waals surface area contributed by atoms with Gasteiger partial charge in [-0.15, -0.1) is 0 Å². The topological polar surface area (TPSA) is 220 Å². The van der Waals surface area contributed by atoms with E-state index in [1.165, 1.54) is 24.4 Å². The second kappa shape index (κ2) is 16.6. The van der Waals surface area contributed by atoms with E-state index >= 15 is 0 Å². The molecule has 288 valence electrons. The van der Waals surface area contributed by atoms with Gasteiger partial charge in [-0.1, -0.05) is 30.7 Å². The molecular weight excluding hydrogens is 731 g/mol. The number of carbonyl (C=O) groups excluding carboxylic acids is 7. The maximum Gasteiger partial charge on any atom is 0.266 e. The van der Waals surface area contributed by atoms with Crippen LogP contribution < -0.4 is 26.4 Å². The minimum atomic E-state index is -1.10. The van der Waals surface area contributed by atoms with Crippen molar-refractivity contribution < 1.29 is 38.3 Å². The van der Waals surface area contributed by atoms with Gasteiger partial charge >= 0.3 is 0 Å². The molecule has 1 saturated heterocycles. The lowest BCUT2D eigenvalue weighted by Gasteiger charge is -2.27. The molecule has 1 atom stereocenters. The van der Waals surface area contributed by atoms with Crippen molar-refractivity contribution in [3.8, 4) is 16.9 Å². The van der Waals surface area contributed by atoms with Gasteiger partial charge in [-0.2, -0.15) is 0 Å². The first-order valence-corrected chi connectivity index (χ1v) is 18.4. The standard InChI is InChI=1S/C42H37N7O8/c43-38(52)31-22-46-32-15-14-26(20-30(32)37(31)47-27-6-5-18-44-21-27)24-10-12-25(13-11-24)39(53)45-19-3-1-2-7-28(50)23-57-34-9-4-8-29-36(34)42(56)49(41(29)55)33-16-17-35(51)48-40(33)54/h4-6,8-15,18,20-22,33H,1-3,7,16-17,19,23H2,(H2,43,52)(H,45,53)(H,46,47)(H,48,51,54). The van der Waals surface area contributed by atoms with Gasteiger partial charge in [-0.25, -0.2) is 0 Å². The zero-order valence-corrected chi connectivity index (χ0v) is 30.6. The van der Waals surface area contributed by atoms with E-state index in [4.69, 9.17) is 10.5 Å². The summed E-state index contributed by atoms with van der Waals surface area (Å²) in [6.45, 7) is 0.102. The highest BCUT2D eigenvalue weighted by atomic mass is 16.5. The molecule has 2 aromatic heterocycles. The van der Waals surface area contributed by atoms with Gasteiger partial charge in [0.25, 0.3) is 23.6 Å². The molecule has 4 heterocycles. The Balaban J connectivity index is 0.873. The molecule has 0 radical (unpaired) electrons. The van der Waals surface area contributed by atoms with Crippen LogP contribution in [-0.2, 0) is 14.4 Å². The molecule has 0 saturated carbocycles. The summed E-state index contributed by atoms with van der Waals surface area (Å²) in [4.78, 5) is 97.4. The fourth-order valence-electron chi connectivity index (χ4n) is 6.85. The first-order chi connectivity index (χ1) is 27.6. The Morgan fingerprint density at radius 3 is 2.46 bits per heavy atom. The van der Waals surface area contributed by atoms with Gasteiger partial charge in [0.05, 0.1) is 39.8 Å². The van der Waals surface area contributed by atoms with Crippen LogP contribution in [0.15, 0.2) is 91.4 Å². The number of anilines is 2. The number of unbranched alkanes of at least 4 members (excludes halogenated alkanes) is 2. The number of benzene rings is 3. The summed E-state index contributed by atoms with van der Waals surface area (Å²) >= 11 is 0. The number of aromatic nitrogens is 2. The Labute approximate surface area is 326 Å². The third-order valence-corrected chi connectivity index (χ3v) is 9.78. The Hall–Kier alpha value is -7.29. The summed E-state index contributed by atoms with van der Waals surface area (Å²) in [5, 5.41) is 9.02. The summed E-state index contributed by atoms with van der Waals surface area (Å²) < 4.78 is 5.68. The number of imide groups is 2. The minimum Gasteiger partial charge on any atom is -0.485 e. The SMILES string of the molecule is NC(=O)c1cnc2ccc(-c3ccc(C(=O)NCCCCCC(=O)COc4cccc5c4C(=O)N(C4CCC(=O)NC4=O)C5=O)cc3)cc2c1Nc1cccnc1. The monoisotopic (exact) mass is 767 g/mol. The van der Waals surface area contributed by atoms with E-state index in [-0.39, 0.29) is 60.0 Å². The molecule has 7 rings (SSSR count). The van der Waals surface area contributed by atoms with E-state index < -0.39 is 35.6 Å². The molecule has 5 N–H and O–H groups in total. The molecule has 2 aliphatic heterocycles. The van der Waals surface area contributed by atoms with Crippen molar-refractivity contribution in [3.05, 3.63) is 114 Å². The van der Waals surface area contributed by atoms with E-state index in [0.717, 1.165) is 16.0 Å². The molecule has 0 spiro atoms. The minimum absolute atomic E-state index is 0.00617. The molecule has 0 bridgehead atoms.